The highest BCUT2D eigenvalue weighted by molar-refractivity contribution is 14.0. The second-order valence-electron chi connectivity index (χ2n) is 7.10. The number of aliphatic imine (C=N–C) groups is 1. The van der Waals surface area contributed by atoms with Gasteiger partial charge in [0.05, 0.1) is 12.6 Å². The van der Waals surface area contributed by atoms with E-state index >= 15 is 0 Å². The van der Waals surface area contributed by atoms with E-state index in [2.05, 4.69) is 15.5 Å². The van der Waals surface area contributed by atoms with Gasteiger partial charge in [-0.2, -0.15) is 0 Å². The highest BCUT2D eigenvalue weighted by Gasteiger charge is 2.17. The van der Waals surface area contributed by atoms with Crippen LogP contribution in [0, 0.1) is 6.92 Å². The van der Waals surface area contributed by atoms with Crippen LogP contribution < -0.4 is 10.1 Å². The minimum atomic E-state index is 0. The predicted octanol–water partition coefficient (Wildman–Crippen LogP) is 3.03. The Morgan fingerprint density at radius 3 is 2.77 bits per heavy atom. The van der Waals surface area contributed by atoms with Crippen LogP contribution in [0.2, 0.25) is 5.02 Å². The van der Waals surface area contributed by atoms with Gasteiger partial charge in [-0.3, -0.25) is 0 Å². The summed E-state index contributed by atoms with van der Waals surface area (Å²) < 4.78 is 13.5. The molecule has 0 radical (unpaired) electrons. The molecule has 0 spiro atoms. The Labute approximate surface area is 200 Å². The van der Waals surface area contributed by atoms with Crippen molar-refractivity contribution in [1.82, 2.24) is 25.0 Å². The highest BCUT2D eigenvalue weighted by atomic mass is 127. The van der Waals surface area contributed by atoms with Crippen LogP contribution >= 0.6 is 35.6 Å². The third-order valence-corrected chi connectivity index (χ3v) is 5.19. The summed E-state index contributed by atoms with van der Waals surface area (Å²) in [6, 6.07) is 7.37. The van der Waals surface area contributed by atoms with Crippen molar-refractivity contribution in [3.8, 4) is 5.75 Å². The Morgan fingerprint density at radius 1 is 1.37 bits per heavy atom. The van der Waals surface area contributed by atoms with E-state index in [0.29, 0.717) is 24.7 Å². The molecule has 0 amide bonds. The number of nitrogens with zero attached hydrogens (tertiary/aromatic N) is 5. The Bertz CT molecular complexity index is 808. The Hall–Kier alpha value is -1.59. The van der Waals surface area contributed by atoms with E-state index in [1.807, 2.05) is 54.8 Å². The summed E-state index contributed by atoms with van der Waals surface area (Å²) in [5.41, 5.74) is 0. The second-order valence-corrected chi connectivity index (χ2v) is 7.54. The molecule has 1 aromatic heterocycles. The van der Waals surface area contributed by atoms with Crippen molar-refractivity contribution in [2.24, 2.45) is 12.0 Å². The second kappa shape index (κ2) is 12.3. The van der Waals surface area contributed by atoms with Crippen molar-refractivity contribution in [2.45, 2.75) is 32.4 Å². The van der Waals surface area contributed by atoms with Crippen molar-refractivity contribution in [3.63, 3.8) is 0 Å². The number of benzene rings is 1. The van der Waals surface area contributed by atoms with Crippen molar-refractivity contribution in [1.29, 1.82) is 0 Å². The lowest BCUT2D eigenvalue weighted by molar-refractivity contribution is 0.113. The summed E-state index contributed by atoms with van der Waals surface area (Å²) in [4.78, 5) is 6.80. The van der Waals surface area contributed by atoms with Gasteiger partial charge in [-0.1, -0.05) is 11.6 Å². The van der Waals surface area contributed by atoms with Gasteiger partial charge in [0, 0.05) is 32.3 Å². The molecule has 2 aromatic rings. The number of halogens is 2. The number of likely N-dealkylation sites (N-methyl/N-ethyl adjacent to an activating group) is 1. The average molecular weight is 549 g/mol. The highest BCUT2D eigenvalue weighted by Crippen LogP contribution is 2.15. The average Bonchev–Trinajstić information content (AvgIpc) is 3.34. The molecule has 1 aromatic carbocycles. The molecule has 2 heterocycles. The maximum absolute atomic E-state index is 5.91. The standard InChI is InChI=1S/C20H29ClN6O2.HI/c1-15-24-25-19(27(15)3)14-23-20(22-13-18-5-4-11-28-18)26(2)10-12-29-17-8-6-16(21)7-9-17;/h6-9,18H,4-5,10-14H2,1-3H3,(H,22,23);1H. The summed E-state index contributed by atoms with van der Waals surface area (Å²) in [6.07, 6.45) is 2.42. The molecule has 3 rings (SSSR count). The fraction of sp³-hybridized carbons (Fsp3) is 0.550. The van der Waals surface area contributed by atoms with Crippen LogP contribution in [0.5, 0.6) is 5.75 Å². The third-order valence-electron chi connectivity index (χ3n) is 4.94. The first-order valence-electron chi connectivity index (χ1n) is 9.87. The van der Waals surface area contributed by atoms with Gasteiger partial charge in [-0.05, 0) is 44.0 Å². The van der Waals surface area contributed by atoms with Gasteiger partial charge in [-0.15, -0.1) is 34.2 Å². The largest absolute Gasteiger partial charge is 0.492 e. The molecule has 8 nitrogen and oxygen atoms in total. The van der Waals surface area contributed by atoms with E-state index in [9.17, 15) is 0 Å². The van der Waals surface area contributed by atoms with Crippen molar-refractivity contribution < 1.29 is 9.47 Å². The topological polar surface area (TPSA) is 76.8 Å². The van der Waals surface area contributed by atoms with Crippen LogP contribution in [0.4, 0.5) is 0 Å². The normalized spacial score (nSPS) is 16.3. The van der Waals surface area contributed by atoms with Crippen LogP contribution in [0.1, 0.15) is 24.5 Å². The van der Waals surface area contributed by atoms with E-state index < -0.39 is 0 Å². The Balaban J connectivity index is 0.00000320. The van der Waals surface area contributed by atoms with Crippen LogP contribution in [0.15, 0.2) is 29.3 Å². The lowest BCUT2D eigenvalue weighted by Crippen LogP contribution is -2.43. The van der Waals surface area contributed by atoms with Gasteiger partial charge < -0.3 is 24.3 Å². The molecule has 1 N–H and O–H groups in total. The van der Waals surface area contributed by atoms with Crippen molar-refractivity contribution in [2.75, 3.05) is 33.4 Å². The van der Waals surface area contributed by atoms with E-state index in [1.54, 1.807) is 0 Å². The number of guanidine groups is 1. The number of rotatable bonds is 8. The van der Waals surface area contributed by atoms with Gasteiger partial charge in [0.25, 0.3) is 0 Å². The number of aryl methyl sites for hydroxylation is 1. The maximum Gasteiger partial charge on any atom is 0.194 e. The first-order valence-corrected chi connectivity index (χ1v) is 10.2. The summed E-state index contributed by atoms with van der Waals surface area (Å²) >= 11 is 5.91. The molecule has 166 valence electrons. The monoisotopic (exact) mass is 548 g/mol. The zero-order valence-corrected chi connectivity index (χ0v) is 20.8. The molecule has 30 heavy (non-hydrogen) atoms. The molecule has 0 saturated carbocycles. The van der Waals surface area contributed by atoms with Gasteiger partial charge in [0.1, 0.15) is 24.7 Å². The SMILES string of the molecule is Cc1nnc(CN=C(NCC2CCCO2)N(C)CCOc2ccc(Cl)cc2)n1C.I. The Morgan fingerprint density at radius 2 is 2.13 bits per heavy atom. The quantitative estimate of drug-likeness (QED) is 0.311. The summed E-state index contributed by atoms with van der Waals surface area (Å²) in [6.45, 7) is 5.16. The summed E-state index contributed by atoms with van der Waals surface area (Å²) in [5.74, 6) is 3.28. The third kappa shape index (κ3) is 7.28. The van der Waals surface area contributed by atoms with Crippen LogP contribution in [0.25, 0.3) is 0 Å². The number of nitrogens with one attached hydrogen (secondary N) is 1. The van der Waals surface area contributed by atoms with Crippen LogP contribution in [-0.2, 0) is 18.3 Å². The molecule has 1 atom stereocenters. The van der Waals surface area contributed by atoms with E-state index in [1.165, 1.54) is 0 Å². The number of ether oxygens (including phenoxy) is 2. The molecule has 0 bridgehead atoms. The maximum atomic E-state index is 5.91. The smallest absolute Gasteiger partial charge is 0.194 e. The molecule has 1 saturated heterocycles. The van der Waals surface area contributed by atoms with Gasteiger partial charge in [0.2, 0.25) is 0 Å². The minimum Gasteiger partial charge on any atom is -0.492 e. The zero-order valence-electron chi connectivity index (χ0n) is 17.7. The van der Waals surface area contributed by atoms with E-state index in [4.69, 9.17) is 26.1 Å². The molecular formula is C20H30ClIN6O2. The first-order chi connectivity index (χ1) is 14.0. The molecule has 10 heteroatoms. The van der Waals surface area contributed by atoms with Gasteiger partial charge in [-0.25, -0.2) is 4.99 Å². The summed E-state index contributed by atoms with van der Waals surface area (Å²) in [7, 11) is 3.94. The minimum absolute atomic E-state index is 0. The first kappa shape index (κ1) is 24.7. The lowest BCUT2D eigenvalue weighted by Gasteiger charge is -2.23. The lowest BCUT2D eigenvalue weighted by atomic mass is 10.2. The number of hydrogen-bond acceptors (Lipinski definition) is 5. The van der Waals surface area contributed by atoms with Gasteiger partial charge in [0.15, 0.2) is 11.8 Å². The van der Waals surface area contributed by atoms with Crippen molar-refractivity contribution >= 4 is 41.5 Å². The molecule has 1 aliphatic heterocycles. The zero-order chi connectivity index (χ0) is 20.6. The molecule has 1 unspecified atom stereocenters. The van der Waals surface area contributed by atoms with Crippen molar-refractivity contribution in [3.05, 3.63) is 40.9 Å². The van der Waals surface area contributed by atoms with Crippen LogP contribution in [0.3, 0.4) is 0 Å². The molecule has 1 aliphatic rings. The summed E-state index contributed by atoms with van der Waals surface area (Å²) in [5, 5.41) is 12.4. The fourth-order valence-electron chi connectivity index (χ4n) is 2.99. The predicted molar refractivity (Wildman–Crippen MR) is 129 cm³/mol. The van der Waals surface area contributed by atoms with Gasteiger partial charge >= 0.3 is 0 Å². The van der Waals surface area contributed by atoms with E-state index in [0.717, 1.165) is 49.4 Å². The fourth-order valence-corrected chi connectivity index (χ4v) is 3.12. The molecule has 1 fully saturated rings. The molecule has 0 aliphatic carbocycles. The number of aromatic nitrogens is 3. The van der Waals surface area contributed by atoms with Crippen LogP contribution in [-0.4, -0.2) is 65.1 Å². The number of hydrogen-bond donors (Lipinski definition) is 1. The Kier molecular flexibility index (Phi) is 10.1. The van der Waals surface area contributed by atoms with E-state index in [-0.39, 0.29) is 30.1 Å². The molecular weight excluding hydrogens is 519 g/mol.